The largest absolute Gasteiger partial charge is 0.356 e. The maximum absolute atomic E-state index is 11.7. The van der Waals surface area contributed by atoms with Gasteiger partial charge >= 0.3 is 0 Å². The first-order valence-electron chi connectivity index (χ1n) is 5.86. The first-order chi connectivity index (χ1) is 8.67. The number of hydrogen-bond donors (Lipinski definition) is 3. The summed E-state index contributed by atoms with van der Waals surface area (Å²) in [7, 11) is 0. The fourth-order valence-corrected chi connectivity index (χ4v) is 2.11. The molecule has 6 nitrogen and oxygen atoms in total. The number of thiazole rings is 1. The lowest BCUT2D eigenvalue weighted by molar-refractivity contribution is -0.120. The van der Waals surface area contributed by atoms with E-state index >= 15 is 0 Å². The molecule has 0 aliphatic rings. The average molecular weight is 270 g/mol. The zero-order valence-corrected chi connectivity index (χ0v) is 11.2. The Morgan fingerprint density at radius 1 is 1.44 bits per heavy atom. The lowest BCUT2D eigenvalue weighted by Crippen LogP contribution is -2.30. The summed E-state index contributed by atoms with van der Waals surface area (Å²) in [5.74, 6) is -0.321. The molecule has 2 amide bonds. The second-order valence-electron chi connectivity index (χ2n) is 3.62. The van der Waals surface area contributed by atoms with Gasteiger partial charge in [0.15, 0.2) is 0 Å². The lowest BCUT2D eigenvalue weighted by Gasteiger charge is -2.03. The van der Waals surface area contributed by atoms with Gasteiger partial charge < -0.3 is 16.4 Å². The molecule has 0 radical (unpaired) electrons. The van der Waals surface area contributed by atoms with Crippen molar-refractivity contribution in [1.29, 1.82) is 0 Å². The highest BCUT2D eigenvalue weighted by Gasteiger charge is 2.10. The molecule has 0 aliphatic carbocycles. The quantitative estimate of drug-likeness (QED) is 0.644. The van der Waals surface area contributed by atoms with Gasteiger partial charge in [-0.3, -0.25) is 9.59 Å². The topological polar surface area (TPSA) is 97.1 Å². The number of aromatic nitrogens is 1. The molecule has 4 N–H and O–H groups in total. The lowest BCUT2D eigenvalue weighted by atomic mass is 10.3. The first-order valence-corrected chi connectivity index (χ1v) is 6.74. The van der Waals surface area contributed by atoms with E-state index in [2.05, 4.69) is 15.6 Å². The Hall–Kier alpha value is -1.47. The van der Waals surface area contributed by atoms with Crippen LogP contribution in [0.5, 0.6) is 0 Å². The molecule has 1 aromatic rings. The third kappa shape index (κ3) is 4.80. The highest BCUT2D eigenvalue weighted by Crippen LogP contribution is 2.09. The van der Waals surface area contributed by atoms with Gasteiger partial charge in [0.1, 0.15) is 5.69 Å². The second-order valence-corrected chi connectivity index (χ2v) is 4.57. The Balaban J connectivity index is 2.33. The number of rotatable bonds is 7. The van der Waals surface area contributed by atoms with Crippen LogP contribution in [0.25, 0.3) is 0 Å². The van der Waals surface area contributed by atoms with E-state index in [0.29, 0.717) is 31.7 Å². The number of hydrogen-bond acceptors (Lipinski definition) is 5. The summed E-state index contributed by atoms with van der Waals surface area (Å²) in [4.78, 5) is 27.0. The number of carbonyl (C=O) groups excluding carboxylic acids is 2. The van der Waals surface area contributed by atoms with Crippen LogP contribution in [0.1, 0.15) is 28.8 Å². The number of nitrogens with two attached hydrogens (primary N) is 1. The van der Waals surface area contributed by atoms with E-state index in [9.17, 15) is 9.59 Å². The van der Waals surface area contributed by atoms with Crippen molar-refractivity contribution in [3.8, 4) is 0 Å². The molecule has 0 bridgehead atoms. The van der Waals surface area contributed by atoms with Crippen molar-refractivity contribution in [2.75, 3.05) is 19.6 Å². The van der Waals surface area contributed by atoms with Crippen LogP contribution in [0.15, 0.2) is 5.38 Å². The molecule has 1 rings (SSSR count). The van der Waals surface area contributed by atoms with Crippen LogP contribution in [0.3, 0.4) is 0 Å². The molecule has 0 saturated carbocycles. The third-order valence-electron chi connectivity index (χ3n) is 2.15. The third-order valence-corrected chi connectivity index (χ3v) is 3.06. The van der Waals surface area contributed by atoms with Gasteiger partial charge in [-0.25, -0.2) is 4.98 Å². The molecule has 0 atom stereocenters. The molecule has 1 aromatic heterocycles. The molecular weight excluding hydrogens is 252 g/mol. The molecule has 7 heteroatoms. The van der Waals surface area contributed by atoms with E-state index in [0.717, 1.165) is 5.01 Å². The van der Waals surface area contributed by atoms with Crippen LogP contribution in [0.4, 0.5) is 0 Å². The Labute approximate surface area is 110 Å². The van der Waals surface area contributed by atoms with Crippen molar-refractivity contribution in [1.82, 2.24) is 15.6 Å². The average Bonchev–Trinajstić information content (AvgIpc) is 2.78. The van der Waals surface area contributed by atoms with Crippen LogP contribution >= 0.6 is 11.3 Å². The SMILES string of the molecule is CCNC(=O)CCNC(=O)c1csc(CCN)n1. The Morgan fingerprint density at radius 3 is 2.89 bits per heavy atom. The van der Waals surface area contributed by atoms with Crippen molar-refractivity contribution in [3.63, 3.8) is 0 Å². The number of nitrogens with one attached hydrogen (secondary N) is 2. The van der Waals surface area contributed by atoms with Crippen LogP contribution in [-0.4, -0.2) is 36.4 Å². The van der Waals surface area contributed by atoms with Crippen molar-refractivity contribution in [2.24, 2.45) is 5.73 Å². The van der Waals surface area contributed by atoms with Gasteiger partial charge in [0.2, 0.25) is 5.91 Å². The molecule has 100 valence electrons. The molecule has 1 heterocycles. The summed E-state index contributed by atoms with van der Waals surface area (Å²) in [6.07, 6.45) is 0.955. The smallest absolute Gasteiger partial charge is 0.270 e. The summed E-state index contributed by atoms with van der Waals surface area (Å²) in [6, 6.07) is 0. The van der Waals surface area contributed by atoms with Crippen molar-refractivity contribution >= 4 is 23.2 Å². The first kappa shape index (κ1) is 14.6. The van der Waals surface area contributed by atoms with Crippen LogP contribution < -0.4 is 16.4 Å². The van der Waals surface area contributed by atoms with E-state index in [1.165, 1.54) is 11.3 Å². The number of nitrogens with zero attached hydrogens (tertiary/aromatic N) is 1. The molecule has 0 unspecified atom stereocenters. The van der Waals surface area contributed by atoms with Crippen molar-refractivity contribution in [2.45, 2.75) is 19.8 Å². The Kier molecular flexibility index (Phi) is 6.31. The standard InChI is InChI=1S/C11H18N4O2S/c1-2-13-9(16)4-6-14-11(17)8-7-18-10(15-8)3-5-12/h7H,2-6,12H2,1H3,(H,13,16)(H,14,17). The summed E-state index contributed by atoms with van der Waals surface area (Å²) in [6.45, 7) is 3.28. The Morgan fingerprint density at radius 2 is 2.22 bits per heavy atom. The maximum atomic E-state index is 11.7. The minimum atomic E-state index is -0.251. The van der Waals surface area contributed by atoms with Crippen molar-refractivity contribution < 1.29 is 9.59 Å². The second kappa shape index (κ2) is 7.78. The van der Waals surface area contributed by atoms with Gasteiger partial charge in [-0.1, -0.05) is 0 Å². The van der Waals surface area contributed by atoms with Gasteiger partial charge in [0, 0.05) is 31.3 Å². The van der Waals surface area contributed by atoms with E-state index in [-0.39, 0.29) is 18.2 Å². The summed E-state index contributed by atoms with van der Waals surface area (Å²) in [5.41, 5.74) is 5.80. The minimum Gasteiger partial charge on any atom is -0.356 e. The van der Waals surface area contributed by atoms with Crippen LogP contribution in [0.2, 0.25) is 0 Å². The summed E-state index contributed by atoms with van der Waals surface area (Å²) in [5, 5.41) is 7.87. The fourth-order valence-electron chi connectivity index (χ4n) is 1.32. The summed E-state index contributed by atoms with van der Waals surface area (Å²) < 4.78 is 0. The highest BCUT2D eigenvalue weighted by atomic mass is 32.1. The normalized spacial score (nSPS) is 10.1. The number of carbonyl (C=O) groups is 2. The van der Waals surface area contributed by atoms with E-state index in [4.69, 9.17) is 5.73 Å². The molecular formula is C11H18N4O2S. The Bertz CT molecular complexity index is 406. The molecule has 0 saturated heterocycles. The zero-order chi connectivity index (χ0) is 13.4. The predicted molar refractivity (Wildman–Crippen MR) is 70.5 cm³/mol. The van der Waals surface area contributed by atoms with Crippen LogP contribution in [0, 0.1) is 0 Å². The van der Waals surface area contributed by atoms with Gasteiger partial charge in [-0.15, -0.1) is 11.3 Å². The van der Waals surface area contributed by atoms with E-state index in [1.54, 1.807) is 5.38 Å². The summed E-state index contributed by atoms with van der Waals surface area (Å²) >= 11 is 1.42. The molecule has 18 heavy (non-hydrogen) atoms. The molecule has 0 spiro atoms. The number of amides is 2. The monoisotopic (exact) mass is 270 g/mol. The molecule has 0 aromatic carbocycles. The van der Waals surface area contributed by atoms with Crippen molar-refractivity contribution in [3.05, 3.63) is 16.1 Å². The molecule has 0 aliphatic heterocycles. The van der Waals surface area contributed by atoms with Gasteiger partial charge in [-0.2, -0.15) is 0 Å². The zero-order valence-electron chi connectivity index (χ0n) is 10.4. The predicted octanol–water partition coefficient (Wildman–Crippen LogP) is -0.0997. The minimum absolute atomic E-state index is 0.0695. The van der Waals surface area contributed by atoms with E-state index in [1.807, 2.05) is 6.92 Å². The highest BCUT2D eigenvalue weighted by molar-refractivity contribution is 7.09. The van der Waals surface area contributed by atoms with Gasteiger partial charge in [0.25, 0.3) is 5.91 Å². The molecule has 0 fully saturated rings. The fraction of sp³-hybridized carbons (Fsp3) is 0.545. The van der Waals surface area contributed by atoms with Crippen LogP contribution in [-0.2, 0) is 11.2 Å². The van der Waals surface area contributed by atoms with Gasteiger partial charge in [-0.05, 0) is 13.5 Å². The van der Waals surface area contributed by atoms with Gasteiger partial charge in [0.05, 0.1) is 5.01 Å². The maximum Gasteiger partial charge on any atom is 0.270 e. The van der Waals surface area contributed by atoms with E-state index < -0.39 is 0 Å².